The lowest BCUT2D eigenvalue weighted by atomic mass is 10.2. The van der Waals surface area contributed by atoms with Gasteiger partial charge in [-0.3, -0.25) is 9.67 Å². The number of hydrogen-bond donors (Lipinski definition) is 0. The molecule has 14 heavy (non-hydrogen) atoms. The van der Waals surface area contributed by atoms with Crippen molar-refractivity contribution in [2.75, 3.05) is 0 Å². The summed E-state index contributed by atoms with van der Waals surface area (Å²) in [6.45, 7) is 1.64. The molecule has 2 heterocycles. The van der Waals surface area contributed by atoms with Gasteiger partial charge in [-0.2, -0.15) is 5.10 Å². The summed E-state index contributed by atoms with van der Waals surface area (Å²) in [4.78, 5) is 4.08. The first-order valence-electron chi connectivity index (χ1n) is 4.30. The molecule has 2 aromatic rings. The summed E-state index contributed by atoms with van der Waals surface area (Å²) in [5, 5.41) is 3.99. The maximum absolute atomic E-state index is 13.6. The van der Waals surface area contributed by atoms with Crippen LogP contribution in [0.2, 0.25) is 0 Å². The zero-order valence-electron chi connectivity index (χ0n) is 8.03. The zero-order chi connectivity index (χ0) is 10.1. The van der Waals surface area contributed by atoms with Crippen LogP contribution in [-0.4, -0.2) is 14.8 Å². The quantitative estimate of drug-likeness (QED) is 0.689. The normalized spacial score (nSPS) is 10.5. The summed E-state index contributed by atoms with van der Waals surface area (Å²) in [7, 11) is 1.71. The van der Waals surface area contributed by atoms with Crippen molar-refractivity contribution in [3.05, 3.63) is 35.9 Å². The van der Waals surface area contributed by atoms with Gasteiger partial charge in [-0.05, 0) is 19.1 Å². The van der Waals surface area contributed by atoms with E-state index in [-0.39, 0.29) is 5.82 Å². The van der Waals surface area contributed by atoms with Crippen LogP contribution in [0.25, 0.3) is 11.4 Å². The minimum atomic E-state index is -0.300. The molecular weight excluding hydrogens is 181 g/mol. The second-order valence-corrected chi connectivity index (χ2v) is 3.09. The summed E-state index contributed by atoms with van der Waals surface area (Å²) < 4.78 is 15.1. The molecule has 4 heteroatoms. The Morgan fingerprint density at radius 1 is 1.36 bits per heavy atom. The molecule has 0 amide bonds. The van der Waals surface area contributed by atoms with Crippen molar-refractivity contribution in [3.8, 4) is 11.4 Å². The first-order valence-corrected chi connectivity index (χ1v) is 4.30. The molecule has 0 N–H and O–H groups in total. The fourth-order valence-electron chi connectivity index (χ4n) is 1.41. The highest BCUT2D eigenvalue weighted by Crippen LogP contribution is 2.21. The molecule has 0 aliphatic carbocycles. The van der Waals surface area contributed by atoms with E-state index in [2.05, 4.69) is 10.1 Å². The van der Waals surface area contributed by atoms with Gasteiger partial charge in [-0.15, -0.1) is 0 Å². The van der Waals surface area contributed by atoms with Crippen LogP contribution in [0.5, 0.6) is 0 Å². The maximum Gasteiger partial charge on any atom is 0.173 e. The predicted molar refractivity (Wildman–Crippen MR) is 51.1 cm³/mol. The molecule has 0 saturated heterocycles. The van der Waals surface area contributed by atoms with Gasteiger partial charge < -0.3 is 0 Å². The van der Waals surface area contributed by atoms with Crippen molar-refractivity contribution >= 4 is 0 Å². The van der Waals surface area contributed by atoms with Crippen molar-refractivity contribution in [2.24, 2.45) is 7.05 Å². The lowest BCUT2D eigenvalue weighted by Gasteiger charge is -1.99. The maximum atomic E-state index is 13.6. The Labute approximate surface area is 81.2 Å². The van der Waals surface area contributed by atoms with E-state index in [0.717, 1.165) is 0 Å². The summed E-state index contributed by atoms with van der Waals surface area (Å²) >= 11 is 0. The molecular formula is C10H10FN3. The highest BCUT2D eigenvalue weighted by molar-refractivity contribution is 5.55. The fraction of sp³-hybridized carbons (Fsp3) is 0.200. The summed E-state index contributed by atoms with van der Waals surface area (Å²) in [6, 6.07) is 5.38. The lowest BCUT2D eigenvalue weighted by molar-refractivity contribution is 0.620. The number of rotatable bonds is 1. The van der Waals surface area contributed by atoms with Gasteiger partial charge in [0, 0.05) is 13.2 Å². The van der Waals surface area contributed by atoms with Gasteiger partial charge in [0.2, 0.25) is 0 Å². The minimum Gasteiger partial charge on any atom is -0.263 e. The molecule has 0 aliphatic rings. The Morgan fingerprint density at radius 3 is 2.64 bits per heavy atom. The van der Waals surface area contributed by atoms with Crippen LogP contribution in [0.4, 0.5) is 4.39 Å². The molecule has 0 aliphatic heterocycles. The van der Waals surface area contributed by atoms with E-state index < -0.39 is 0 Å². The Hall–Kier alpha value is -1.71. The van der Waals surface area contributed by atoms with Gasteiger partial charge in [0.25, 0.3) is 0 Å². The van der Waals surface area contributed by atoms with E-state index in [4.69, 9.17) is 0 Å². The van der Waals surface area contributed by atoms with E-state index in [9.17, 15) is 4.39 Å². The van der Waals surface area contributed by atoms with Gasteiger partial charge in [0.05, 0.1) is 11.4 Å². The van der Waals surface area contributed by atoms with E-state index in [1.54, 1.807) is 32.3 Å². The van der Waals surface area contributed by atoms with Crippen molar-refractivity contribution in [3.63, 3.8) is 0 Å². The van der Waals surface area contributed by atoms with Crippen molar-refractivity contribution < 1.29 is 4.39 Å². The third-order valence-corrected chi connectivity index (χ3v) is 2.06. The van der Waals surface area contributed by atoms with Crippen LogP contribution in [0, 0.1) is 12.7 Å². The van der Waals surface area contributed by atoms with Crippen LogP contribution in [0.3, 0.4) is 0 Å². The van der Waals surface area contributed by atoms with Crippen molar-refractivity contribution in [1.29, 1.82) is 0 Å². The van der Waals surface area contributed by atoms with E-state index in [1.807, 2.05) is 6.07 Å². The number of aryl methyl sites for hydroxylation is 2. The highest BCUT2D eigenvalue weighted by atomic mass is 19.1. The Bertz CT molecular complexity index is 448. The standard InChI is InChI=1S/C10H10FN3/c1-7-9(11)10(14(2)13-7)8-5-3-4-6-12-8/h3-6H,1-2H3. The predicted octanol–water partition coefficient (Wildman–Crippen LogP) is 1.93. The second-order valence-electron chi connectivity index (χ2n) is 3.09. The summed E-state index contributed by atoms with van der Waals surface area (Å²) in [5.74, 6) is -0.300. The monoisotopic (exact) mass is 191 g/mol. The van der Waals surface area contributed by atoms with Gasteiger partial charge in [0.1, 0.15) is 5.69 Å². The number of nitrogens with zero attached hydrogens (tertiary/aromatic N) is 3. The average Bonchev–Trinajstić information content (AvgIpc) is 2.43. The number of hydrogen-bond acceptors (Lipinski definition) is 2. The van der Waals surface area contributed by atoms with Crippen LogP contribution in [0.15, 0.2) is 24.4 Å². The summed E-state index contributed by atoms with van der Waals surface area (Å²) in [6.07, 6.45) is 1.64. The van der Waals surface area contributed by atoms with E-state index in [1.165, 1.54) is 4.68 Å². The van der Waals surface area contributed by atoms with Crippen molar-refractivity contribution in [1.82, 2.24) is 14.8 Å². The Morgan fingerprint density at radius 2 is 2.14 bits per heavy atom. The van der Waals surface area contributed by atoms with Crippen LogP contribution < -0.4 is 0 Å². The SMILES string of the molecule is Cc1nn(C)c(-c2ccccn2)c1F. The average molecular weight is 191 g/mol. The molecule has 3 nitrogen and oxygen atoms in total. The lowest BCUT2D eigenvalue weighted by Crippen LogP contribution is -1.95. The highest BCUT2D eigenvalue weighted by Gasteiger charge is 2.14. The molecule has 72 valence electrons. The molecule has 0 bridgehead atoms. The van der Waals surface area contributed by atoms with Crippen LogP contribution >= 0.6 is 0 Å². The van der Waals surface area contributed by atoms with Gasteiger partial charge in [0.15, 0.2) is 5.82 Å². The fourth-order valence-corrected chi connectivity index (χ4v) is 1.41. The molecule has 2 rings (SSSR count). The number of pyridine rings is 1. The minimum absolute atomic E-state index is 0.300. The molecule has 0 spiro atoms. The topological polar surface area (TPSA) is 30.7 Å². The van der Waals surface area contributed by atoms with E-state index >= 15 is 0 Å². The third kappa shape index (κ3) is 1.28. The molecule has 2 aromatic heterocycles. The second kappa shape index (κ2) is 3.21. The smallest absolute Gasteiger partial charge is 0.173 e. The molecule has 0 fully saturated rings. The van der Waals surface area contributed by atoms with Crippen LogP contribution in [-0.2, 0) is 7.05 Å². The van der Waals surface area contributed by atoms with Gasteiger partial charge in [-0.1, -0.05) is 6.07 Å². The zero-order valence-corrected chi connectivity index (χ0v) is 8.03. The van der Waals surface area contributed by atoms with Crippen molar-refractivity contribution in [2.45, 2.75) is 6.92 Å². The molecule has 0 unspecified atom stereocenters. The van der Waals surface area contributed by atoms with Crippen LogP contribution in [0.1, 0.15) is 5.69 Å². The van der Waals surface area contributed by atoms with E-state index in [0.29, 0.717) is 17.1 Å². The number of aromatic nitrogens is 3. The van der Waals surface area contributed by atoms with Gasteiger partial charge >= 0.3 is 0 Å². The Kier molecular flexibility index (Phi) is 2.04. The first-order chi connectivity index (χ1) is 6.70. The molecule has 0 radical (unpaired) electrons. The Balaban J connectivity index is 2.62. The largest absolute Gasteiger partial charge is 0.263 e. The molecule has 0 aromatic carbocycles. The number of halogens is 1. The molecule has 0 atom stereocenters. The third-order valence-electron chi connectivity index (χ3n) is 2.06. The first kappa shape index (κ1) is 8.87. The summed E-state index contributed by atoms with van der Waals surface area (Å²) in [5.41, 5.74) is 1.43. The molecule has 0 saturated carbocycles. The van der Waals surface area contributed by atoms with Gasteiger partial charge in [-0.25, -0.2) is 4.39 Å².